The number of aromatic amines is 1. The summed E-state index contributed by atoms with van der Waals surface area (Å²) in [6, 6.07) is 7.15. The lowest BCUT2D eigenvalue weighted by molar-refractivity contribution is -0.116. The predicted molar refractivity (Wildman–Crippen MR) is 124 cm³/mol. The summed E-state index contributed by atoms with van der Waals surface area (Å²) in [5.41, 5.74) is 1.63. The fourth-order valence-electron chi connectivity index (χ4n) is 3.59. The Bertz CT molecular complexity index is 1150. The van der Waals surface area contributed by atoms with Crippen molar-refractivity contribution in [3.63, 3.8) is 0 Å². The molecule has 3 aromatic rings. The third kappa shape index (κ3) is 5.78. The molecule has 33 heavy (non-hydrogen) atoms. The number of carbonyl (C=O) groups is 1. The van der Waals surface area contributed by atoms with Crippen LogP contribution in [0.15, 0.2) is 41.5 Å². The topological polar surface area (TPSA) is 114 Å². The number of hydrogen-bond donors (Lipinski definition) is 2. The van der Waals surface area contributed by atoms with Crippen LogP contribution in [0.5, 0.6) is 5.75 Å². The normalized spacial score (nSPS) is 13.7. The molecule has 4 rings (SSSR count). The zero-order valence-corrected chi connectivity index (χ0v) is 18.8. The second kappa shape index (κ2) is 10.3. The Morgan fingerprint density at radius 2 is 2.00 bits per heavy atom. The van der Waals surface area contributed by atoms with Gasteiger partial charge < -0.3 is 24.3 Å². The summed E-state index contributed by atoms with van der Waals surface area (Å²) in [5.74, 6) is 1.89. The van der Waals surface area contributed by atoms with Gasteiger partial charge in [-0.05, 0) is 37.6 Å². The zero-order chi connectivity index (χ0) is 23.2. The number of anilines is 2. The van der Waals surface area contributed by atoms with Gasteiger partial charge in [0.25, 0.3) is 5.56 Å². The Kier molecular flexibility index (Phi) is 7.04. The highest BCUT2D eigenvalue weighted by Gasteiger charge is 2.17. The highest BCUT2D eigenvalue weighted by Crippen LogP contribution is 2.17. The van der Waals surface area contributed by atoms with E-state index >= 15 is 0 Å². The van der Waals surface area contributed by atoms with E-state index < -0.39 is 0 Å². The Balaban J connectivity index is 1.29. The van der Waals surface area contributed by atoms with Crippen LogP contribution in [0, 0.1) is 6.92 Å². The molecule has 1 aliphatic heterocycles. The molecule has 0 unspecified atom stereocenters. The third-order valence-corrected chi connectivity index (χ3v) is 5.55. The first-order valence-electron chi connectivity index (χ1n) is 10.9. The Morgan fingerprint density at radius 3 is 2.67 bits per heavy atom. The fourth-order valence-corrected chi connectivity index (χ4v) is 3.59. The summed E-state index contributed by atoms with van der Waals surface area (Å²) in [6.07, 6.45) is 4.08. The average molecular weight is 453 g/mol. The van der Waals surface area contributed by atoms with Gasteiger partial charge in [0.15, 0.2) is 0 Å². The number of nitrogens with zero attached hydrogens (tertiary/aromatic N) is 4. The second-order valence-electron chi connectivity index (χ2n) is 7.87. The molecule has 2 aromatic heterocycles. The molecule has 2 N–H and O–H groups in total. The van der Waals surface area contributed by atoms with E-state index in [1.807, 2.05) is 22.7 Å². The van der Waals surface area contributed by atoms with Gasteiger partial charge >= 0.3 is 0 Å². The van der Waals surface area contributed by atoms with E-state index in [0.717, 1.165) is 5.82 Å². The molecular formula is C23H28N6O4. The lowest BCUT2D eigenvalue weighted by Crippen LogP contribution is -2.38. The zero-order valence-electron chi connectivity index (χ0n) is 18.8. The molecule has 1 fully saturated rings. The van der Waals surface area contributed by atoms with Gasteiger partial charge in [-0.25, -0.2) is 9.97 Å². The molecule has 0 bridgehead atoms. The second-order valence-corrected chi connectivity index (χ2v) is 7.87. The first-order valence-corrected chi connectivity index (χ1v) is 10.9. The fraction of sp³-hybridized carbons (Fsp3) is 0.391. The number of H-pyrrole nitrogens is 1. The summed E-state index contributed by atoms with van der Waals surface area (Å²) in [5, 5.41) is 2.85. The van der Waals surface area contributed by atoms with E-state index in [4.69, 9.17) is 9.47 Å². The van der Waals surface area contributed by atoms with Crippen LogP contribution in [-0.2, 0) is 29.6 Å². The van der Waals surface area contributed by atoms with Crippen molar-refractivity contribution in [1.29, 1.82) is 0 Å². The number of rotatable bonds is 8. The number of benzene rings is 1. The van der Waals surface area contributed by atoms with Crippen LogP contribution in [0.3, 0.4) is 0 Å². The van der Waals surface area contributed by atoms with Gasteiger partial charge in [-0.15, -0.1) is 0 Å². The van der Waals surface area contributed by atoms with Crippen molar-refractivity contribution in [3.05, 3.63) is 64.1 Å². The van der Waals surface area contributed by atoms with Gasteiger partial charge in [-0.2, -0.15) is 0 Å². The van der Waals surface area contributed by atoms with E-state index in [1.165, 1.54) is 0 Å². The van der Waals surface area contributed by atoms with Gasteiger partial charge in [0.1, 0.15) is 18.2 Å². The lowest BCUT2D eigenvalue weighted by atomic mass is 10.1. The van der Waals surface area contributed by atoms with E-state index in [0.29, 0.717) is 68.0 Å². The van der Waals surface area contributed by atoms with Crippen LogP contribution in [0.2, 0.25) is 0 Å². The van der Waals surface area contributed by atoms with E-state index in [1.54, 1.807) is 37.4 Å². The summed E-state index contributed by atoms with van der Waals surface area (Å²) < 4.78 is 13.0. The smallest absolute Gasteiger partial charge is 0.255 e. The number of aryl methyl sites for hydroxylation is 2. The van der Waals surface area contributed by atoms with Gasteiger partial charge in [-0.1, -0.05) is 0 Å². The first kappa shape index (κ1) is 22.5. The average Bonchev–Trinajstić information content (AvgIpc) is 3.23. The van der Waals surface area contributed by atoms with Crippen LogP contribution in [0.1, 0.15) is 23.5 Å². The minimum absolute atomic E-state index is 0.173. The Hall–Kier alpha value is -3.66. The van der Waals surface area contributed by atoms with Gasteiger partial charge in [0, 0.05) is 55.9 Å². The predicted octanol–water partition coefficient (Wildman–Crippen LogP) is 1.80. The van der Waals surface area contributed by atoms with E-state index in [2.05, 4.69) is 20.3 Å². The quantitative estimate of drug-likeness (QED) is 0.536. The maximum Gasteiger partial charge on any atom is 0.255 e. The molecule has 0 spiro atoms. The number of imidazole rings is 1. The third-order valence-electron chi connectivity index (χ3n) is 5.55. The largest absolute Gasteiger partial charge is 0.486 e. The number of morpholine rings is 1. The molecule has 1 saturated heterocycles. The number of hydrogen-bond acceptors (Lipinski definition) is 7. The van der Waals surface area contributed by atoms with Crippen LogP contribution < -0.4 is 20.5 Å². The lowest BCUT2D eigenvalue weighted by Gasteiger charge is -2.27. The first-order chi connectivity index (χ1) is 16.0. The number of amides is 1. The number of nitrogens with one attached hydrogen (secondary N) is 2. The maximum atomic E-state index is 12.6. The summed E-state index contributed by atoms with van der Waals surface area (Å²) in [4.78, 5) is 38.6. The van der Waals surface area contributed by atoms with Gasteiger partial charge in [0.05, 0.1) is 13.2 Å². The van der Waals surface area contributed by atoms with Crippen molar-refractivity contribution in [2.45, 2.75) is 26.4 Å². The van der Waals surface area contributed by atoms with Crippen LogP contribution in [0.25, 0.3) is 0 Å². The van der Waals surface area contributed by atoms with Crippen molar-refractivity contribution >= 4 is 17.5 Å². The molecule has 0 saturated carbocycles. The molecule has 1 aromatic carbocycles. The van der Waals surface area contributed by atoms with Crippen LogP contribution in [0.4, 0.5) is 11.6 Å². The van der Waals surface area contributed by atoms with Crippen LogP contribution >= 0.6 is 0 Å². The molecule has 10 nitrogen and oxygen atoms in total. The minimum atomic E-state index is -0.203. The van der Waals surface area contributed by atoms with Crippen molar-refractivity contribution in [3.8, 4) is 5.75 Å². The Labute approximate surface area is 191 Å². The number of ether oxygens (including phenoxy) is 2. The minimum Gasteiger partial charge on any atom is -0.486 e. The summed E-state index contributed by atoms with van der Waals surface area (Å²) >= 11 is 0. The van der Waals surface area contributed by atoms with Crippen molar-refractivity contribution in [1.82, 2.24) is 19.5 Å². The van der Waals surface area contributed by atoms with E-state index in [9.17, 15) is 9.59 Å². The maximum absolute atomic E-state index is 12.6. The molecule has 0 aliphatic carbocycles. The standard InChI is InChI=1S/C23H28N6O4/c1-16-19(22(31)27-23(25-16)29-11-13-32-14-12-29)7-8-21(30)26-17-3-5-18(6-4-17)33-15-20-24-9-10-28(20)2/h3-6,9-10H,7-8,11-15H2,1-2H3,(H,26,30)(H,25,27,31). The van der Waals surface area contributed by atoms with Crippen LogP contribution in [-0.4, -0.2) is 51.7 Å². The number of aromatic nitrogens is 4. The molecule has 0 atom stereocenters. The highest BCUT2D eigenvalue weighted by molar-refractivity contribution is 5.90. The summed E-state index contributed by atoms with van der Waals surface area (Å²) in [6.45, 7) is 4.77. The van der Waals surface area contributed by atoms with Crippen molar-refractivity contribution < 1.29 is 14.3 Å². The van der Waals surface area contributed by atoms with Crippen molar-refractivity contribution in [2.24, 2.45) is 7.05 Å². The monoisotopic (exact) mass is 452 g/mol. The van der Waals surface area contributed by atoms with Gasteiger partial charge in [0.2, 0.25) is 11.9 Å². The summed E-state index contributed by atoms with van der Waals surface area (Å²) in [7, 11) is 1.91. The molecule has 0 radical (unpaired) electrons. The molecule has 3 heterocycles. The Morgan fingerprint density at radius 1 is 1.24 bits per heavy atom. The van der Waals surface area contributed by atoms with Crippen molar-refractivity contribution in [2.75, 3.05) is 36.5 Å². The van der Waals surface area contributed by atoms with E-state index in [-0.39, 0.29) is 17.9 Å². The molecule has 1 amide bonds. The molecular weight excluding hydrogens is 424 g/mol. The molecule has 10 heteroatoms. The highest BCUT2D eigenvalue weighted by atomic mass is 16.5. The molecule has 1 aliphatic rings. The SMILES string of the molecule is Cc1nc(N2CCOCC2)[nH]c(=O)c1CCC(=O)Nc1ccc(OCc2nccn2C)cc1. The molecule has 174 valence electrons. The number of carbonyl (C=O) groups excluding carboxylic acids is 1. The van der Waals surface area contributed by atoms with Gasteiger partial charge in [-0.3, -0.25) is 14.6 Å².